The third-order valence-electron chi connectivity index (χ3n) is 3.09. The number of aryl methyl sites for hydroxylation is 1. The second kappa shape index (κ2) is 5.22. The molecule has 0 spiro atoms. The number of benzene rings is 1. The molecule has 1 aromatic carbocycles. The molecule has 0 fully saturated rings. The minimum Gasteiger partial charge on any atom is -0.500 e. The number of ether oxygens (including phenoxy) is 1. The summed E-state index contributed by atoms with van der Waals surface area (Å²) in [5.74, 6) is -0.109. The molecular weight excluding hydrogens is 244 g/mol. The summed E-state index contributed by atoms with van der Waals surface area (Å²) in [5, 5.41) is 10.6. The normalized spacial score (nSPS) is 10.8. The van der Waals surface area contributed by atoms with Crippen molar-refractivity contribution in [3.63, 3.8) is 0 Å². The Kier molecular flexibility index (Phi) is 3.64. The lowest BCUT2D eigenvalue weighted by Crippen LogP contribution is -2.18. The molecule has 5 heteroatoms. The third kappa shape index (κ3) is 2.36. The van der Waals surface area contributed by atoms with Gasteiger partial charge in [0.05, 0.1) is 12.1 Å². The number of nitrogens with two attached hydrogens (primary N) is 1. The van der Waals surface area contributed by atoms with Gasteiger partial charge in [0, 0.05) is 18.1 Å². The SMILES string of the molecule is CCCCOc1c(O)c(=O)n(C)c2cc(N)ccc12. The average molecular weight is 262 g/mol. The molecular formula is C14H18N2O3. The van der Waals surface area contributed by atoms with E-state index in [2.05, 4.69) is 0 Å². The lowest BCUT2D eigenvalue weighted by molar-refractivity contribution is 0.294. The fourth-order valence-corrected chi connectivity index (χ4v) is 1.98. The van der Waals surface area contributed by atoms with Crippen molar-refractivity contribution < 1.29 is 9.84 Å². The highest BCUT2D eigenvalue weighted by Crippen LogP contribution is 2.32. The lowest BCUT2D eigenvalue weighted by atomic mass is 10.1. The van der Waals surface area contributed by atoms with Crippen molar-refractivity contribution >= 4 is 16.6 Å². The summed E-state index contributed by atoms with van der Waals surface area (Å²) < 4.78 is 6.93. The van der Waals surface area contributed by atoms with Crippen LogP contribution in [0.3, 0.4) is 0 Å². The number of anilines is 1. The molecule has 102 valence electrons. The van der Waals surface area contributed by atoms with E-state index in [9.17, 15) is 9.90 Å². The van der Waals surface area contributed by atoms with Crippen molar-refractivity contribution in [2.45, 2.75) is 19.8 Å². The number of nitrogen functional groups attached to an aromatic ring is 1. The van der Waals surface area contributed by atoms with Gasteiger partial charge in [0.2, 0.25) is 5.75 Å². The van der Waals surface area contributed by atoms with E-state index >= 15 is 0 Å². The van der Waals surface area contributed by atoms with Gasteiger partial charge in [0.15, 0.2) is 5.75 Å². The van der Waals surface area contributed by atoms with Gasteiger partial charge in [0.25, 0.3) is 5.56 Å². The van der Waals surface area contributed by atoms with E-state index in [4.69, 9.17) is 10.5 Å². The fourth-order valence-electron chi connectivity index (χ4n) is 1.98. The Hall–Kier alpha value is -2.17. The maximum absolute atomic E-state index is 11.9. The molecule has 0 aliphatic rings. The van der Waals surface area contributed by atoms with E-state index in [-0.39, 0.29) is 11.5 Å². The molecule has 5 nitrogen and oxygen atoms in total. The van der Waals surface area contributed by atoms with Crippen LogP contribution in [0.2, 0.25) is 0 Å². The number of fused-ring (bicyclic) bond motifs is 1. The van der Waals surface area contributed by atoms with E-state index in [1.165, 1.54) is 4.57 Å². The molecule has 0 saturated heterocycles. The minimum absolute atomic E-state index is 0.242. The van der Waals surface area contributed by atoms with Gasteiger partial charge in [0.1, 0.15) is 0 Å². The Morgan fingerprint density at radius 3 is 2.84 bits per heavy atom. The van der Waals surface area contributed by atoms with Gasteiger partial charge in [-0.2, -0.15) is 0 Å². The number of aromatic hydroxyl groups is 1. The van der Waals surface area contributed by atoms with Crippen molar-refractivity contribution in [1.82, 2.24) is 4.57 Å². The Labute approximate surface area is 111 Å². The molecule has 0 unspecified atom stereocenters. The summed E-state index contributed by atoms with van der Waals surface area (Å²) in [6.45, 7) is 2.52. The predicted octanol–water partition coefficient (Wildman–Crippen LogP) is 2.01. The molecule has 1 aromatic heterocycles. The van der Waals surface area contributed by atoms with Gasteiger partial charge in [-0.15, -0.1) is 0 Å². The number of hydrogen-bond donors (Lipinski definition) is 2. The molecule has 0 bridgehead atoms. The zero-order valence-electron chi connectivity index (χ0n) is 11.1. The topological polar surface area (TPSA) is 77.5 Å². The summed E-state index contributed by atoms with van der Waals surface area (Å²) in [4.78, 5) is 11.9. The van der Waals surface area contributed by atoms with E-state index in [0.29, 0.717) is 23.2 Å². The quantitative estimate of drug-likeness (QED) is 0.652. The highest BCUT2D eigenvalue weighted by molar-refractivity contribution is 5.89. The highest BCUT2D eigenvalue weighted by Gasteiger charge is 2.15. The molecule has 1 heterocycles. The fraction of sp³-hybridized carbons (Fsp3) is 0.357. The van der Waals surface area contributed by atoms with Crippen LogP contribution in [-0.4, -0.2) is 16.3 Å². The van der Waals surface area contributed by atoms with Crippen LogP contribution in [0.4, 0.5) is 5.69 Å². The van der Waals surface area contributed by atoms with Crippen molar-refractivity contribution in [3.8, 4) is 11.5 Å². The van der Waals surface area contributed by atoms with Crippen LogP contribution in [0.1, 0.15) is 19.8 Å². The van der Waals surface area contributed by atoms with Crippen molar-refractivity contribution in [3.05, 3.63) is 28.6 Å². The predicted molar refractivity (Wildman–Crippen MR) is 75.7 cm³/mol. The molecule has 0 saturated carbocycles. The van der Waals surface area contributed by atoms with Crippen molar-refractivity contribution in [2.24, 2.45) is 7.05 Å². The van der Waals surface area contributed by atoms with Crippen LogP contribution in [0, 0.1) is 0 Å². The summed E-state index contributed by atoms with van der Waals surface area (Å²) in [6, 6.07) is 5.17. The van der Waals surface area contributed by atoms with Crippen molar-refractivity contribution in [1.29, 1.82) is 0 Å². The number of pyridine rings is 1. The number of hydrogen-bond acceptors (Lipinski definition) is 4. The van der Waals surface area contributed by atoms with Crippen LogP contribution >= 0.6 is 0 Å². The first-order chi connectivity index (χ1) is 9.06. The van der Waals surface area contributed by atoms with E-state index in [1.54, 1.807) is 25.2 Å². The second-order valence-electron chi connectivity index (χ2n) is 4.52. The smallest absolute Gasteiger partial charge is 0.296 e. The Bertz CT molecular complexity index is 662. The molecule has 0 amide bonds. The molecule has 0 aliphatic heterocycles. The summed E-state index contributed by atoms with van der Waals surface area (Å²) in [5.41, 5.74) is 6.46. The maximum Gasteiger partial charge on any atom is 0.296 e. The first-order valence-corrected chi connectivity index (χ1v) is 6.30. The first-order valence-electron chi connectivity index (χ1n) is 6.30. The summed E-state index contributed by atoms with van der Waals surface area (Å²) in [6.07, 6.45) is 1.85. The lowest BCUT2D eigenvalue weighted by Gasteiger charge is -2.13. The third-order valence-corrected chi connectivity index (χ3v) is 3.09. The van der Waals surface area contributed by atoms with Crippen LogP contribution in [0.25, 0.3) is 10.9 Å². The van der Waals surface area contributed by atoms with Gasteiger partial charge in [-0.25, -0.2) is 0 Å². The zero-order valence-corrected chi connectivity index (χ0v) is 11.1. The summed E-state index contributed by atoms with van der Waals surface area (Å²) in [7, 11) is 1.60. The monoisotopic (exact) mass is 262 g/mol. The molecule has 0 radical (unpaired) electrons. The van der Waals surface area contributed by atoms with Gasteiger partial charge >= 0.3 is 0 Å². The van der Waals surface area contributed by atoms with Crippen molar-refractivity contribution in [2.75, 3.05) is 12.3 Å². The standard InChI is InChI=1S/C14H18N2O3/c1-3-4-7-19-13-10-6-5-9(15)8-11(10)16(2)14(18)12(13)17/h5-6,8,17H,3-4,7,15H2,1-2H3. The van der Waals surface area contributed by atoms with Crippen LogP contribution in [-0.2, 0) is 7.05 Å². The molecule has 0 aliphatic carbocycles. The Balaban J connectivity index is 2.64. The van der Waals surface area contributed by atoms with Crippen LogP contribution in [0.15, 0.2) is 23.0 Å². The van der Waals surface area contributed by atoms with E-state index < -0.39 is 5.56 Å². The van der Waals surface area contributed by atoms with Gasteiger partial charge < -0.3 is 20.1 Å². The number of unbranched alkanes of at least 4 members (excludes halogenated alkanes) is 1. The van der Waals surface area contributed by atoms with Crippen LogP contribution < -0.4 is 16.0 Å². The molecule has 2 aromatic rings. The second-order valence-corrected chi connectivity index (χ2v) is 4.52. The first kappa shape index (κ1) is 13.3. The number of aromatic nitrogens is 1. The van der Waals surface area contributed by atoms with Gasteiger partial charge in [-0.1, -0.05) is 13.3 Å². The number of nitrogens with zero attached hydrogens (tertiary/aromatic N) is 1. The Morgan fingerprint density at radius 2 is 2.16 bits per heavy atom. The number of rotatable bonds is 4. The largest absolute Gasteiger partial charge is 0.500 e. The van der Waals surface area contributed by atoms with Gasteiger partial charge in [-0.3, -0.25) is 4.79 Å². The molecule has 2 rings (SSSR count). The Morgan fingerprint density at radius 1 is 1.42 bits per heavy atom. The van der Waals surface area contributed by atoms with Crippen LogP contribution in [0.5, 0.6) is 11.5 Å². The molecule has 19 heavy (non-hydrogen) atoms. The average Bonchev–Trinajstić information content (AvgIpc) is 2.40. The van der Waals surface area contributed by atoms with Gasteiger partial charge in [-0.05, 0) is 24.6 Å². The molecule has 0 atom stereocenters. The minimum atomic E-state index is -0.482. The maximum atomic E-state index is 11.9. The summed E-state index contributed by atoms with van der Waals surface area (Å²) >= 11 is 0. The zero-order chi connectivity index (χ0) is 14.0. The molecule has 3 N–H and O–H groups in total. The van der Waals surface area contributed by atoms with E-state index in [0.717, 1.165) is 12.8 Å². The highest BCUT2D eigenvalue weighted by atomic mass is 16.5. The van der Waals surface area contributed by atoms with E-state index in [1.807, 2.05) is 6.92 Å².